The Kier molecular flexibility index (Phi) is 4.75. The third-order valence-electron chi connectivity index (χ3n) is 3.33. The second kappa shape index (κ2) is 6.31. The molecule has 0 aromatic heterocycles. The van der Waals surface area contributed by atoms with E-state index in [0.29, 0.717) is 6.04 Å². The number of thioether (sulfide) groups is 1. The number of hydrogen-bond acceptors (Lipinski definition) is 3. The fraction of sp³-hybridized carbons (Fsp3) is 0.571. The van der Waals surface area contributed by atoms with E-state index in [9.17, 15) is 0 Å². The molecule has 0 bridgehead atoms. The molecule has 1 heterocycles. The summed E-state index contributed by atoms with van der Waals surface area (Å²) >= 11 is 2.08. The van der Waals surface area contributed by atoms with E-state index in [1.54, 1.807) is 7.11 Å². The van der Waals surface area contributed by atoms with Crippen LogP contribution in [0.15, 0.2) is 24.3 Å². The maximum atomic E-state index is 5.16. The summed E-state index contributed by atoms with van der Waals surface area (Å²) in [5, 5.41) is 4.40. The first kappa shape index (κ1) is 12.8. The van der Waals surface area contributed by atoms with Crippen LogP contribution < -0.4 is 10.1 Å². The molecule has 2 rings (SSSR count). The van der Waals surface area contributed by atoms with Gasteiger partial charge in [0.15, 0.2) is 0 Å². The summed E-state index contributed by atoms with van der Waals surface area (Å²) in [7, 11) is 1.70. The fourth-order valence-electron chi connectivity index (χ4n) is 2.18. The van der Waals surface area contributed by atoms with Crippen molar-refractivity contribution in [3.63, 3.8) is 0 Å². The van der Waals surface area contributed by atoms with Crippen molar-refractivity contribution >= 4 is 11.8 Å². The molecule has 0 radical (unpaired) electrons. The zero-order valence-corrected chi connectivity index (χ0v) is 11.4. The normalized spacial score (nSPS) is 24.6. The molecule has 2 atom stereocenters. The lowest BCUT2D eigenvalue weighted by molar-refractivity contribution is 0.414. The molecular weight excluding hydrogens is 230 g/mol. The van der Waals surface area contributed by atoms with Gasteiger partial charge in [0.25, 0.3) is 0 Å². The summed E-state index contributed by atoms with van der Waals surface area (Å²) in [6.45, 7) is 3.29. The van der Waals surface area contributed by atoms with Crippen molar-refractivity contribution in [2.45, 2.75) is 37.6 Å². The monoisotopic (exact) mass is 251 g/mol. The SMILES string of the molecule is COc1ccc(CNC2CCCSC2C)cc1. The molecule has 1 aliphatic heterocycles. The highest BCUT2D eigenvalue weighted by Crippen LogP contribution is 2.25. The van der Waals surface area contributed by atoms with Crippen LogP contribution in [0.5, 0.6) is 5.75 Å². The number of methoxy groups -OCH3 is 1. The van der Waals surface area contributed by atoms with Crippen LogP contribution in [0, 0.1) is 0 Å². The Morgan fingerprint density at radius 2 is 2.12 bits per heavy atom. The Hall–Kier alpha value is -0.670. The molecule has 2 unspecified atom stereocenters. The first-order valence-electron chi connectivity index (χ1n) is 6.27. The molecule has 0 spiro atoms. The van der Waals surface area contributed by atoms with Crippen molar-refractivity contribution in [1.29, 1.82) is 0 Å². The van der Waals surface area contributed by atoms with E-state index in [-0.39, 0.29) is 0 Å². The fourth-order valence-corrected chi connectivity index (χ4v) is 3.35. The smallest absolute Gasteiger partial charge is 0.118 e. The summed E-state index contributed by atoms with van der Waals surface area (Å²) in [6.07, 6.45) is 2.65. The van der Waals surface area contributed by atoms with Crippen LogP contribution in [0.4, 0.5) is 0 Å². The Morgan fingerprint density at radius 1 is 1.35 bits per heavy atom. The topological polar surface area (TPSA) is 21.3 Å². The molecule has 1 aromatic rings. The van der Waals surface area contributed by atoms with Gasteiger partial charge in [0.05, 0.1) is 7.11 Å². The van der Waals surface area contributed by atoms with Gasteiger partial charge in [-0.05, 0) is 36.3 Å². The Balaban J connectivity index is 1.84. The van der Waals surface area contributed by atoms with Gasteiger partial charge >= 0.3 is 0 Å². The molecule has 94 valence electrons. The van der Waals surface area contributed by atoms with E-state index in [1.807, 2.05) is 12.1 Å². The van der Waals surface area contributed by atoms with Gasteiger partial charge in [0, 0.05) is 17.8 Å². The number of benzene rings is 1. The van der Waals surface area contributed by atoms with Crippen LogP contribution in [0.1, 0.15) is 25.3 Å². The van der Waals surface area contributed by atoms with E-state index in [0.717, 1.165) is 17.5 Å². The number of nitrogens with one attached hydrogen (secondary N) is 1. The lowest BCUT2D eigenvalue weighted by atomic mass is 10.1. The van der Waals surface area contributed by atoms with E-state index < -0.39 is 0 Å². The van der Waals surface area contributed by atoms with E-state index in [2.05, 4.69) is 36.1 Å². The van der Waals surface area contributed by atoms with Crippen molar-refractivity contribution < 1.29 is 4.74 Å². The summed E-state index contributed by atoms with van der Waals surface area (Å²) in [5.74, 6) is 2.25. The molecular formula is C14H21NOS. The van der Waals surface area contributed by atoms with Crippen LogP contribution >= 0.6 is 11.8 Å². The Labute approximate surface area is 108 Å². The average molecular weight is 251 g/mol. The van der Waals surface area contributed by atoms with Crippen LogP contribution in [-0.2, 0) is 6.54 Å². The van der Waals surface area contributed by atoms with Gasteiger partial charge in [-0.3, -0.25) is 0 Å². The first-order valence-corrected chi connectivity index (χ1v) is 7.32. The maximum absolute atomic E-state index is 5.16. The predicted molar refractivity (Wildman–Crippen MR) is 74.8 cm³/mol. The summed E-state index contributed by atoms with van der Waals surface area (Å²) in [4.78, 5) is 0. The van der Waals surface area contributed by atoms with Crippen molar-refractivity contribution in [3.05, 3.63) is 29.8 Å². The minimum Gasteiger partial charge on any atom is -0.497 e. The molecule has 3 heteroatoms. The van der Waals surface area contributed by atoms with Crippen molar-refractivity contribution in [1.82, 2.24) is 5.32 Å². The van der Waals surface area contributed by atoms with Crippen molar-refractivity contribution in [3.8, 4) is 5.75 Å². The highest BCUT2D eigenvalue weighted by molar-refractivity contribution is 7.99. The molecule has 0 amide bonds. The zero-order valence-electron chi connectivity index (χ0n) is 10.6. The van der Waals surface area contributed by atoms with Crippen LogP contribution in [0.2, 0.25) is 0 Å². The number of rotatable bonds is 4. The Bertz CT molecular complexity index is 339. The van der Waals surface area contributed by atoms with Gasteiger partial charge in [-0.1, -0.05) is 19.1 Å². The van der Waals surface area contributed by atoms with E-state index in [4.69, 9.17) is 4.74 Å². The highest BCUT2D eigenvalue weighted by Gasteiger charge is 2.20. The quantitative estimate of drug-likeness (QED) is 0.888. The van der Waals surface area contributed by atoms with Gasteiger partial charge in [-0.25, -0.2) is 0 Å². The van der Waals surface area contributed by atoms with Gasteiger partial charge in [0.2, 0.25) is 0 Å². The second-order valence-electron chi connectivity index (χ2n) is 4.55. The molecule has 1 saturated heterocycles. The van der Waals surface area contributed by atoms with Gasteiger partial charge in [0.1, 0.15) is 5.75 Å². The van der Waals surface area contributed by atoms with Gasteiger partial charge in [-0.15, -0.1) is 0 Å². The third kappa shape index (κ3) is 3.65. The largest absolute Gasteiger partial charge is 0.497 e. The molecule has 0 aliphatic carbocycles. The van der Waals surface area contributed by atoms with E-state index >= 15 is 0 Å². The summed E-state index contributed by atoms with van der Waals surface area (Å²) in [5.41, 5.74) is 1.33. The van der Waals surface area contributed by atoms with Gasteiger partial charge < -0.3 is 10.1 Å². The van der Waals surface area contributed by atoms with Crippen molar-refractivity contribution in [2.24, 2.45) is 0 Å². The summed E-state index contributed by atoms with van der Waals surface area (Å²) in [6, 6.07) is 8.97. The van der Waals surface area contributed by atoms with Crippen LogP contribution in [-0.4, -0.2) is 24.2 Å². The predicted octanol–water partition coefficient (Wildman–Crippen LogP) is 3.07. The zero-order chi connectivity index (χ0) is 12.1. The minimum absolute atomic E-state index is 0.663. The highest BCUT2D eigenvalue weighted by atomic mass is 32.2. The first-order chi connectivity index (χ1) is 8.29. The molecule has 2 nitrogen and oxygen atoms in total. The lowest BCUT2D eigenvalue weighted by Crippen LogP contribution is -2.38. The average Bonchev–Trinajstić information content (AvgIpc) is 2.38. The number of hydrogen-bond donors (Lipinski definition) is 1. The minimum atomic E-state index is 0.663. The molecule has 1 aliphatic rings. The van der Waals surface area contributed by atoms with Crippen LogP contribution in [0.3, 0.4) is 0 Å². The van der Waals surface area contributed by atoms with Crippen molar-refractivity contribution in [2.75, 3.05) is 12.9 Å². The standard InChI is InChI=1S/C14H21NOS/c1-11-14(4-3-9-17-11)15-10-12-5-7-13(16-2)8-6-12/h5-8,11,14-15H,3-4,9-10H2,1-2H3. The molecule has 17 heavy (non-hydrogen) atoms. The van der Waals surface area contributed by atoms with Crippen LogP contribution in [0.25, 0.3) is 0 Å². The number of ether oxygens (including phenoxy) is 1. The molecule has 1 aromatic carbocycles. The second-order valence-corrected chi connectivity index (χ2v) is 6.04. The van der Waals surface area contributed by atoms with E-state index in [1.165, 1.54) is 24.2 Å². The molecule has 0 saturated carbocycles. The Morgan fingerprint density at radius 3 is 2.76 bits per heavy atom. The summed E-state index contributed by atoms with van der Waals surface area (Å²) < 4.78 is 5.16. The lowest BCUT2D eigenvalue weighted by Gasteiger charge is -2.29. The molecule has 1 N–H and O–H groups in total. The molecule has 1 fully saturated rings. The third-order valence-corrected chi connectivity index (χ3v) is 4.71. The van der Waals surface area contributed by atoms with Gasteiger partial charge in [-0.2, -0.15) is 11.8 Å². The maximum Gasteiger partial charge on any atom is 0.118 e.